The van der Waals surface area contributed by atoms with Crippen LogP contribution in [0, 0.1) is 0 Å². The molecule has 7 nitrogen and oxygen atoms in total. The minimum atomic E-state index is -0.536. The lowest BCUT2D eigenvalue weighted by atomic mass is 9.95. The molecule has 4 aromatic rings. The highest BCUT2D eigenvalue weighted by Gasteiger charge is 2.20. The highest BCUT2D eigenvalue weighted by Crippen LogP contribution is 2.31. The lowest BCUT2D eigenvalue weighted by Gasteiger charge is -2.17. The monoisotopic (exact) mass is 465 g/mol. The molecule has 170 valence electrons. The van der Waals surface area contributed by atoms with Gasteiger partial charge in [-0.3, -0.25) is 4.79 Å². The van der Waals surface area contributed by atoms with E-state index in [-0.39, 0.29) is 23.7 Å². The van der Waals surface area contributed by atoms with E-state index in [1.54, 1.807) is 23.0 Å². The Morgan fingerprint density at radius 1 is 1.18 bits per heavy atom. The van der Waals surface area contributed by atoms with Crippen molar-refractivity contribution in [2.75, 3.05) is 13.7 Å². The van der Waals surface area contributed by atoms with Gasteiger partial charge in [-0.05, 0) is 41.8 Å². The van der Waals surface area contributed by atoms with Crippen LogP contribution in [0.1, 0.15) is 36.6 Å². The maximum absolute atomic E-state index is 13.7. The molecule has 33 heavy (non-hydrogen) atoms. The van der Waals surface area contributed by atoms with Crippen molar-refractivity contribution in [2.45, 2.75) is 26.2 Å². The van der Waals surface area contributed by atoms with Crippen molar-refractivity contribution >= 4 is 28.5 Å². The average molecular weight is 466 g/mol. The fourth-order valence-electron chi connectivity index (χ4n) is 3.77. The van der Waals surface area contributed by atoms with E-state index in [1.807, 2.05) is 50.4 Å². The Hall–Kier alpha value is -3.58. The molecule has 0 aliphatic carbocycles. The molecule has 0 unspecified atom stereocenters. The van der Waals surface area contributed by atoms with Crippen molar-refractivity contribution in [1.82, 2.24) is 14.8 Å². The van der Waals surface area contributed by atoms with E-state index in [0.717, 1.165) is 16.9 Å². The summed E-state index contributed by atoms with van der Waals surface area (Å²) in [6, 6.07) is 13.0. The van der Waals surface area contributed by atoms with Crippen LogP contribution in [0.4, 0.5) is 0 Å². The minimum Gasteiger partial charge on any atom is -0.481 e. The number of hydrogen-bond acceptors (Lipinski definition) is 5. The lowest BCUT2D eigenvalue weighted by Crippen LogP contribution is -2.19. The molecule has 0 bridgehead atoms. The number of nitrogens with zero attached hydrogens (tertiary/aromatic N) is 2. The molecule has 0 saturated heterocycles. The number of carbonyl (C=O) groups excluding carboxylic acids is 1. The van der Waals surface area contributed by atoms with Gasteiger partial charge in [-0.2, -0.15) is 5.10 Å². The topological polar surface area (TPSA) is 86.2 Å². The van der Waals surface area contributed by atoms with E-state index in [1.165, 1.54) is 7.11 Å². The number of hydrogen-bond donors (Lipinski definition) is 1. The minimum absolute atomic E-state index is 0.0659. The summed E-state index contributed by atoms with van der Waals surface area (Å²) in [6.07, 6.45) is 4.03. The molecule has 0 saturated carbocycles. The predicted octanol–water partition coefficient (Wildman–Crippen LogP) is 4.63. The summed E-state index contributed by atoms with van der Waals surface area (Å²) in [5, 5.41) is 4.97. The van der Waals surface area contributed by atoms with Crippen LogP contribution in [0.5, 0.6) is 5.75 Å². The summed E-state index contributed by atoms with van der Waals surface area (Å²) in [4.78, 5) is 28.6. The zero-order valence-electron chi connectivity index (χ0n) is 18.6. The molecule has 2 aromatic carbocycles. The predicted molar refractivity (Wildman–Crippen MR) is 128 cm³/mol. The van der Waals surface area contributed by atoms with Gasteiger partial charge >= 0.3 is 5.97 Å². The van der Waals surface area contributed by atoms with Crippen LogP contribution in [0.3, 0.4) is 0 Å². The van der Waals surface area contributed by atoms with Gasteiger partial charge in [0.2, 0.25) is 0 Å². The molecule has 0 spiro atoms. The van der Waals surface area contributed by atoms with E-state index >= 15 is 0 Å². The summed E-state index contributed by atoms with van der Waals surface area (Å²) in [6.45, 7) is 3.74. The SMILES string of the molecule is COC(=O)COc1ccc(Cl)c2[nH]c(C(C)C)c(Cc3ccc(-n4cccn4)cc3)c(=O)c12. The van der Waals surface area contributed by atoms with Gasteiger partial charge < -0.3 is 14.5 Å². The highest BCUT2D eigenvalue weighted by atomic mass is 35.5. The van der Waals surface area contributed by atoms with E-state index in [0.29, 0.717) is 27.9 Å². The first-order valence-corrected chi connectivity index (χ1v) is 10.9. The molecule has 0 atom stereocenters. The third kappa shape index (κ3) is 4.64. The van der Waals surface area contributed by atoms with Crippen molar-refractivity contribution in [3.05, 3.63) is 86.9 Å². The van der Waals surface area contributed by atoms with Gasteiger partial charge in [0.25, 0.3) is 0 Å². The van der Waals surface area contributed by atoms with Crippen LogP contribution in [0.25, 0.3) is 16.6 Å². The molecule has 8 heteroatoms. The van der Waals surface area contributed by atoms with Gasteiger partial charge in [0, 0.05) is 30.1 Å². The van der Waals surface area contributed by atoms with Gasteiger partial charge in [0.15, 0.2) is 12.0 Å². The Kier molecular flexibility index (Phi) is 6.51. The summed E-state index contributed by atoms with van der Waals surface area (Å²) in [7, 11) is 1.28. The molecular formula is C25H24ClN3O4. The van der Waals surface area contributed by atoms with Gasteiger partial charge in [0.1, 0.15) is 5.75 Å². The molecule has 0 radical (unpaired) electrons. The first-order chi connectivity index (χ1) is 15.9. The number of halogens is 1. The van der Waals surface area contributed by atoms with Gasteiger partial charge in [-0.15, -0.1) is 0 Å². The summed E-state index contributed by atoms with van der Waals surface area (Å²) >= 11 is 6.42. The van der Waals surface area contributed by atoms with E-state index in [9.17, 15) is 9.59 Å². The number of fused-ring (bicyclic) bond motifs is 1. The molecule has 0 fully saturated rings. The molecule has 1 N–H and O–H groups in total. The number of H-pyrrole nitrogens is 1. The van der Waals surface area contributed by atoms with E-state index in [4.69, 9.17) is 16.3 Å². The number of aromatic nitrogens is 3. The highest BCUT2D eigenvalue weighted by molar-refractivity contribution is 6.35. The molecule has 0 aliphatic heterocycles. The van der Waals surface area contributed by atoms with Crippen LogP contribution in [0.15, 0.2) is 59.7 Å². The fraction of sp³-hybridized carbons (Fsp3) is 0.240. The van der Waals surface area contributed by atoms with Crippen molar-refractivity contribution in [3.63, 3.8) is 0 Å². The second-order valence-electron chi connectivity index (χ2n) is 7.96. The van der Waals surface area contributed by atoms with Crippen LogP contribution in [0.2, 0.25) is 5.02 Å². The maximum atomic E-state index is 13.7. The first kappa shape index (κ1) is 22.6. The van der Waals surface area contributed by atoms with Crippen LogP contribution >= 0.6 is 11.6 Å². The molecule has 4 rings (SSSR count). The van der Waals surface area contributed by atoms with E-state index in [2.05, 4.69) is 14.8 Å². The van der Waals surface area contributed by atoms with Crippen LogP contribution in [-0.4, -0.2) is 34.5 Å². The molecule has 0 amide bonds. The van der Waals surface area contributed by atoms with Crippen LogP contribution < -0.4 is 10.2 Å². The smallest absolute Gasteiger partial charge is 0.343 e. The number of ether oxygens (including phenoxy) is 2. The largest absolute Gasteiger partial charge is 0.481 e. The number of esters is 1. The number of nitrogens with one attached hydrogen (secondary N) is 1. The Labute approximate surface area is 195 Å². The zero-order valence-corrected chi connectivity index (χ0v) is 19.3. The third-order valence-electron chi connectivity index (χ3n) is 5.44. The van der Waals surface area contributed by atoms with Gasteiger partial charge in [0.05, 0.1) is 28.7 Å². The second kappa shape index (κ2) is 9.50. The van der Waals surface area contributed by atoms with Crippen molar-refractivity contribution in [2.24, 2.45) is 0 Å². The number of rotatable bonds is 7. The standard InChI is InChI=1S/C25H24ClN3O4/c1-15(2)23-18(13-16-5-7-17(8-6-16)29-12-4-11-27-29)25(31)22-20(33-14-21(30)32-3)10-9-19(26)24(22)28-23/h4-12,15H,13-14H2,1-3H3,(H,28,31). The lowest BCUT2D eigenvalue weighted by molar-refractivity contribution is -0.142. The zero-order chi connectivity index (χ0) is 23.5. The molecular weight excluding hydrogens is 442 g/mol. The normalized spacial score (nSPS) is 11.2. The van der Waals surface area contributed by atoms with Gasteiger partial charge in [-0.25, -0.2) is 9.48 Å². The number of carbonyl (C=O) groups is 1. The number of pyridine rings is 1. The molecule has 2 heterocycles. The summed E-state index contributed by atoms with van der Waals surface area (Å²) in [5.74, 6) is -0.186. The number of methoxy groups -OCH3 is 1. The molecule has 2 aromatic heterocycles. The fourth-order valence-corrected chi connectivity index (χ4v) is 3.97. The second-order valence-corrected chi connectivity index (χ2v) is 8.36. The Bertz CT molecular complexity index is 1340. The van der Waals surface area contributed by atoms with Gasteiger partial charge in [-0.1, -0.05) is 37.6 Å². The van der Waals surface area contributed by atoms with Crippen molar-refractivity contribution < 1.29 is 14.3 Å². The van der Waals surface area contributed by atoms with E-state index < -0.39 is 5.97 Å². The average Bonchev–Trinajstić information content (AvgIpc) is 3.35. The van der Waals surface area contributed by atoms with Crippen molar-refractivity contribution in [3.8, 4) is 11.4 Å². The Morgan fingerprint density at radius 2 is 1.94 bits per heavy atom. The quantitative estimate of drug-likeness (QED) is 0.402. The molecule has 0 aliphatic rings. The number of aromatic amines is 1. The maximum Gasteiger partial charge on any atom is 0.343 e. The summed E-state index contributed by atoms with van der Waals surface area (Å²) < 4.78 is 12.0. The van der Waals surface area contributed by atoms with Crippen LogP contribution in [-0.2, 0) is 16.0 Å². The van der Waals surface area contributed by atoms with Crippen molar-refractivity contribution in [1.29, 1.82) is 0 Å². The number of benzene rings is 2. The Balaban J connectivity index is 1.79. The Morgan fingerprint density at radius 3 is 2.58 bits per heavy atom. The third-order valence-corrected chi connectivity index (χ3v) is 5.75. The summed E-state index contributed by atoms with van der Waals surface area (Å²) in [5.41, 5.74) is 3.68. The first-order valence-electron chi connectivity index (χ1n) is 10.5.